The van der Waals surface area contributed by atoms with Gasteiger partial charge in [-0.05, 0) is 58.0 Å². The molecule has 0 aliphatic rings. The largest absolute Gasteiger partial charge is 0.307 e. The first-order valence-electron chi connectivity index (χ1n) is 6.92. The van der Waals surface area contributed by atoms with Gasteiger partial charge in [0.1, 0.15) is 0 Å². The van der Waals surface area contributed by atoms with Gasteiger partial charge in [-0.2, -0.15) is 0 Å². The summed E-state index contributed by atoms with van der Waals surface area (Å²) < 4.78 is 27.0. The highest BCUT2D eigenvalue weighted by Crippen LogP contribution is 2.16. The minimum atomic E-state index is -3.27. The third-order valence-electron chi connectivity index (χ3n) is 3.74. The smallest absolute Gasteiger partial charge is 0.215 e. The fraction of sp³-hybridized carbons (Fsp3) is 0.600. The van der Waals surface area contributed by atoms with Crippen molar-refractivity contribution in [1.29, 1.82) is 0 Å². The predicted molar refractivity (Wildman–Crippen MR) is 84.3 cm³/mol. The molecule has 1 aromatic carbocycles. The average molecular weight is 298 g/mol. The van der Waals surface area contributed by atoms with E-state index in [0.717, 1.165) is 23.1 Å². The minimum absolute atomic E-state index is 0.0574. The quantitative estimate of drug-likeness (QED) is 0.838. The fourth-order valence-corrected chi connectivity index (χ4v) is 3.37. The van der Waals surface area contributed by atoms with Gasteiger partial charge in [0.2, 0.25) is 10.0 Å². The Bertz CT molecular complexity index is 519. The van der Waals surface area contributed by atoms with E-state index in [0.29, 0.717) is 12.6 Å². The molecule has 1 atom stereocenters. The first kappa shape index (κ1) is 17.1. The predicted octanol–water partition coefficient (Wildman–Crippen LogP) is 2.06. The van der Waals surface area contributed by atoms with Gasteiger partial charge in [-0.1, -0.05) is 18.2 Å². The van der Waals surface area contributed by atoms with Gasteiger partial charge in [0.25, 0.3) is 0 Å². The minimum Gasteiger partial charge on any atom is -0.307 e. The molecule has 0 aliphatic heterocycles. The Kier molecular flexibility index (Phi) is 6.17. The first-order chi connectivity index (χ1) is 9.23. The summed E-state index contributed by atoms with van der Waals surface area (Å²) in [5, 5.41) is 0. The van der Waals surface area contributed by atoms with Gasteiger partial charge in [0.15, 0.2) is 0 Å². The second-order valence-electron chi connectivity index (χ2n) is 5.63. The lowest BCUT2D eigenvalue weighted by atomic mass is 10.1. The SMILES string of the molecule is Cc1cccc(C)c1CS(=O)(=O)NCCC(C)N(C)C. The van der Waals surface area contributed by atoms with Crippen LogP contribution >= 0.6 is 0 Å². The number of nitrogens with zero attached hydrogens (tertiary/aromatic N) is 1. The molecule has 0 saturated heterocycles. The molecule has 0 spiro atoms. The van der Waals surface area contributed by atoms with Crippen LogP contribution in [-0.4, -0.2) is 40.0 Å². The second-order valence-corrected chi connectivity index (χ2v) is 7.43. The van der Waals surface area contributed by atoms with E-state index >= 15 is 0 Å². The highest BCUT2D eigenvalue weighted by molar-refractivity contribution is 7.88. The Morgan fingerprint density at radius 1 is 1.20 bits per heavy atom. The molecule has 1 unspecified atom stereocenters. The summed E-state index contributed by atoms with van der Waals surface area (Å²) in [6.07, 6.45) is 0.805. The zero-order valence-electron chi connectivity index (χ0n) is 13.1. The molecule has 0 heterocycles. The van der Waals surface area contributed by atoms with Gasteiger partial charge in [0.05, 0.1) is 5.75 Å². The summed E-state index contributed by atoms with van der Waals surface area (Å²) in [6, 6.07) is 6.21. The second kappa shape index (κ2) is 7.20. The van der Waals surface area contributed by atoms with E-state index in [1.54, 1.807) is 0 Å². The normalized spacial score (nSPS) is 13.7. The van der Waals surface area contributed by atoms with Crippen LogP contribution in [0.25, 0.3) is 0 Å². The highest BCUT2D eigenvalue weighted by atomic mass is 32.2. The molecule has 1 rings (SSSR count). The maximum absolute atomic E-state index is 12.1. The van der Waals surface area contributed by atoms with Gasteiger partial charge in [-0.15, -0.1) is 0 Å². The molecule has 0 fully saturated rings. The van der Waals surface area contributed by atoms with Gasteiger partial charge < -0.3 is 4.90 Å². The monoisotopic (exact) mass is 298 g/mol. The first-order valence-corrected chi connectivity index (χ1v) is 8.57. The Hall–Kier alpha value is -0.910. The molecule has 1 N–H and O–H groups in total. The molecular formula is C15H26N2O2S. The molecule has 0 radical (unpaired) electrons. The summed E-state index contributed by atoms with van der Waals surface area (Å²) >= 11 is 0. The van der Waals surface area contributed by atoms with E-state index in [4.69, 9.17) is 0 Å². The molecular weight excluding hydrogens is 272 g/mol. The molecule has 1 aromatic rings. The van der Waals surface area contributed by atoms with E-state index in [9.17, 15) is 8.42 Å². The number of nitrogens with one attached hydrogen (secondary N) is 1. The summed E-state index contributed by atoms with van der Waals surface area (Å²) in [4.78, 5) is 2.08. The maximum atomic E-state index is 12.1. The molecule has 4 nitrogen and oxygen atoms in total. The summed E-state index contributed by atoms with van der Waals surface area (Å²) in [5.74, 6) is 0.0574. The topological polar surface area (TPSA) is 49.4 Å². The number of benzene rings is 1. The van der Waals surface area contributed by atoms with Crippen molar-refractivity contribution in [1.82, 2.24) is 9.62 Å². The van der Waals surface area contributed by atoms with Crippen molar-refractivity contribution in [2.75, 3.05) is 20.6 Å². The Labute approximate surface area is 123 Å². The van der Waals surface area contributed by atoms with E-state index < -0.39 is 10.0 Å². The third kappa shape index (κ3) is 5.23. The number of hydrogen-bond acceptors (Lipinski definition) is 3. The number of hydrogen-bond donors (Lipinski definition) is 1. The van der Waals surface area contributed by atoms with E-state index in [-0.39, 0.29) is 5.75 Å². The van der Waals surface area contributed by atoms with E-state index in [1.165, 1.54) is 0 Å². The molecule has 0 bridgehead atoms. The summed E-state index contributed by atoms with van der Waals surface area (Å²) in [5.41, 5.74) is 2.95. The van der Waals surface area contributed by atoms with Crippen LogP contribution in [-0.2, 0) is 15.8 Å². The zero-order chi connectivity index (χ0) is 15.3. The number of rotatable bonds is 7. The molecule has 0 aromatic heterocycles. The van der Waals surface area contributed by atoms with Crippen molar-refractivity contribution >= 4 is 10.0 Å². The lowest BCUT2D eigenvalue weighted by molar-refractivity contribution is 0.299. The number of aryl methyl sites for hydroxylation is 2. The van der Waals surface area contributed by atoms with Gasteiger partial charge in [-0.25, -0.2) is 13.1 Å². The van der Waals surface area contributed by atoms with Crippen LogP contribution in [0.1, 0.15) is 30.0 Å². The molecule has 5 heteroatoms. The lowest BCUT2D eigenvalue weighted by Crippen LogP contribution is -2.32. The fourth-order valence-electron chi connectivity index (χ4n) is 2.00. The van der Waals surface area contributed by atoms with Crippen molar-refractivity contribution in [3.63, 3.8) is 0 Å². The average Bonchev–Trinajstić information content (AvgIpc) is 2.33. The van der Waals surface area contributed by atoms with Gasteiger partial charge in [0, 0.05) is 12.6 Å². The maximum Gasteiger partial charge on any atom is 0.215 e. The molecule has 0 amide bonds. The number of sulfonamides is 1. The van der Waals surface area contributed by atoms with E-state index in [1.807, 2.05) is 46.1 Å². The van der Waals surface area contributed by atoms with Crippen LogP contribution < -0.4 is 4.72 Å². The van der Waals surface area contributed by atoms with Gasteiger partial charge >= 0.3 is 0 Å². The summed E-state index contributed by atoms with van der Waals surface area (Å²) in [7, 11) is 0.722. The molecule has 0 saturated carbocycles. The lowest BCUT2D eigenvalue weighted by Gasteiger charge is -2.19. The molecule has 20 heavy (non-hydrogen) atoms. The highest BCUT2D eigenvalue weighted by Gasteiger charge is 2.15. The van der Waals surface area contributed by atoms with E-state index in [2.05, 4.69) is 16.5 Å². The van der Waals surface area contributed by atoms with Crippen LogP contribution in [0.15, 0.2) is 18.2 Å². The van der Waals surface area contributed by atoms with Crippen molar-refractivity contribution in [2.24, 2.45) is 0 Å². The Morgan fingerprint density at radius 2 is 1.75 bits per heavy atom. The Morgan fingerprint density at radius 3 is 2.25 bits per heavy atom. The van der Waals surface area contributed by atoms with Gasteiger partial charge in [-0.3, -0.25) is 0 Å². The van der Waals surface area contributed by atoms with Crippen molar-refractivity contribution in [3.05, 3.63) is 34.9 Å². The standard InChI is InChI=1S/C15H26N2O2S/c1-12-7-6-8-13(2)15(12)11-20(18,19)16-10-9-14(3)17(4)5/h6-8,14,16H,9-11H2,1-5H3. The molecule has 114 valence electrons. The van der Waals surface area contributed by atoms with Crippen LogP contribution in [0, 0.1) is 13.8 Å². The van der Waals surface area contributed by atoms with Crippen LogP contribution in [0.3, 0.4) is 0 Å². The summed E-state index contributed by atoms with van der Waals surface area (Å²) in [6.45, 7) is 6.46. The van der Waals surface area contributed by atoms with Crippen molar-refractivity contribution in [3.8, 4) is 0 Å². The third-order valence-corrected chi connectivity index (χ3v) is 5.06. The van der Waals surface area contributed by atoms with Crippen LogP contribution in [0.2, 0.25) is 0 Å². The zero-order valence-corrected chi connectivity index (χ0v) is 13.9. The van der Waals surface area contributed by atoms with Crippen LogP contribution in [0.4, 0.5) is 0 Å². The van der Waals surface area contributed by atoms with Crippen LogP contribution in [0.5, 0.6) is 0 Å². The molecule has 0 aliphatic carbocycles. The van der Waals surface area contributed by atoms with Crippen molar-refractivity contribution in [2.45, 2.75) is 39.0 Å². The Balaban J connectivity index is 2.62. The van der Waals surface area contributed by atoms with Crippen molar-refractivity contribution < 1.29 is 8.42 Å².